The van der Waals surface area contributed by atoms with Gasteiger partial charge in [0.1, 0.15) is 6.04 Å². The van der Waals surface area contributed by atoms with Crippen molar-refractivity contribution in [2.45, 2.75) is 18.6 Å². The van der Waals surface area contributed by atoms with Crippen molar-refractivity contribution in [2.75, 3.05) is 10.6 Å². The van der Waals surface area contributed by atoms with Gasteiger partial charge < -0.3 is 10.6 Å². The summed E-state index contributed by atoms with van der Waals surface area (Å²) in [5.41, 5.74) is 1.57. The molecule has 6 heteroatoms. The monoisotopic (exact) mass is 306 g/mol. The Kier molecular flexibility index (Phi) is 3.52. The Bertz CT molecular complexity index is 670. The van der Waals surface area contributed by atoms with Gasteiger partial charge >= 0.3 is 6.18 Å². The molecule has 2 aromatic carbocycles. The molecule has 0 aliphatic carbocycles. The molecule has 1 aliphatic heterocycles. The number of carbonyl (C=O) groups excluding carboxylic acids is 1. The van der Waals surface area contributed by atoms with Crippen LogP contribution in [0.1, 0.15) is 11.1 Å². The second-order valence-corrected chi connectivity index (χ2v) is 5.12. The first kappa shape index (κ1) is 14.4. The Morgan fingerprint density at radius 1 is 1.09 bits per heavy atom. The molecule has 2 aromatic rings. The number of para-hydroxylation sites is 1. The van der Waals surface area contributed by atoms with Crippen molar-refractivity contribution in [3.8, 4) is 0 Å². The number of hydrogen-bond donors (Lipinski definition) is 2. The van der Waals surface area contributed by atoms with Crippen LogP contribution < -0.4 is 10.6 Å². The summed E-state index contributed by atoms with van der Waals surface area (Å²) in [6.45, 7) is 0. The topological polar surface area (TPSA) is 41.1 Å². The molecule has 0 fully saturated rings. The van der Waals surface area contributed by atoms with Crippen LogP contribution in [0.2, 0.25) is 0 Å². The quantitative estimate of drug-likeness (QED) is 0.888. The molecule has 0 radical (unpaired) electrons. The Morgan fingerprint density at radius 2 is 1.77 bits per heavy atom. The van der Waals surface area contributed by atoms with Crippen molar-refractivity contribution < 1.29 is 18.0 Å². The fourth-order valence-corrected chi connectivity index (χ4v) is 2.43. The summed E-state index contributed by atoms with van der Waals surface area (Å²) in [6, 6.07) is 11.6. The van der Waals surface area contributed by atoms with Gasteiger partial charge in [0.2, 0.25) is 5.91 Å². The number of amides is 1. The third-order valence-electron chi connectivity index (χ3n) is 3.57. The van der Waals surface area contributed by atoms with E-state index in [0.29, 0.717) is 12.1 Å². The molecule has 114 valence electrons. The van der Waals surface area contributed by atoms with Gasteiger partial charge in [0.05, 0.1) is 5.56 Å². The van der Waals surface area contributed by atoms with Crippen molar-refractivity contribution in [2.24, 2.45) is 0 Å². The van der Waals surface area contributed by atoms with Gasteiger partial charge in [0.15, 0.2) is 0 Å². The summed E-state index contributed by atoms with van der Waals surface area (Å²) < 4.78 is 37.4. The average Bonchev–Trinajstić information content (AvgIpc) is 2.91. The molecule has 0 saturated heterocycles. The highest BCUT2D eigenvalue weighted by atomic mass is 19.4. The van der Waals surface area contributed by atoms with Crippen molar-refractivity contribution >= 4 is 17.3 Å². The van der Waals surface area contributed by atoms with Gasteiger partial charge in [0, 0.05) is 17.8 Å². The molecule has 1 amide bonds. The molecular weight excluding hydrogens is 293 g/mol. The minimum Gasteiger partial charge on any atom is -0.373 e. The number of anilines is 2. The molecular formula is C16H13F3N2O. The van der Waals surface area contributed by atoms with Crippen LogP contribution in [-0.4, -0.2) is 11.9 Å². The Balaban J connectivity index is 1.66. The first-order valence-corrected chi connectivity index (χ1v) is 6.76. The molecule has 22 heavy (non-hydrogen) atoms. The zero-order valence-electron chi connectivity index (χ0n) is 11.4. The van der Waals surface area contributed by atoms with Gasteiger partial charge in [-0.15, -0.1) is 0 Å². The van der Waals surface area contributed by atoms with Crippen molar-refractivity contribution in [3.05, 3.63) is 59.7 Å². The summed E-state index contributed by atoms with van der Waals surface area (Å²) in [6.07, 6.45) is -3.82. The van der Waals surface area contributed by atoms with Crippen LogP contribution in [0.15, 0.2) is 48.5 Å². The largest absolute Gasteiger partial charge is 0.416 e. The van der Waals surface area contributed by atoms with E-state index in [9.17, 15) is 18.0 Å². The highest BCUT2D eigenvalue weighted by Gasteiger charge is 2.30. The molecule has 3 nitrogen and oxygen atoms in total. The van der Waals surface area contributed by atoms with E-state index in [2.05, 4.69) is 10.6 Å². The van der Waals surface area contributed by atoms with Gasteiger partial charge in [-0.05, 0) is 35.9 Å². The maximum absolute atomic E-state index is 12.5. The lowest BCUT2D eigenvalue weighted by Gasteiger charge is -2.13. The summed E-state index contributed by atoms with van der Waals surface area (Å²) in [4.78, 5) is 12.2. The van der Waals surface area contributed by atoms with Crippen LogP contribution in [0.3, 0.4) is 0 Å². The number of rotatable bonds is 2. The van der Waals surface area contributed by atoms with Gasteiger partial charge in [-0.2, -0.15) is 13.2 Å². The molecule has 1 unspecified atom stereocenters. The zero-order chi connectivity index (χ0) is 15.7. The highest BCUT2D eigenvalue weighted by Crippen LogP contribution is 2.30. The smallest absolute Gasteiger partial charge is 0.373 e. The van der Waals surface area contributed by atoms with Crippen molar-refractivity contribution in [1.82, 2.24) is 0 Å². The molecule has 1 aliphatic rings. The molecule has 0 aromatic heterocycles. The molecule has 1 heterocycles. The van der Waals surface area contributed by atoms with Crippen LogP contribution in [0, 0.1) is 0 Å². The molecule has 1 atom stereocenters. The third kappa shape index (κ3) is 2.90. The van der Waals surface area contributed by atoms with E-state index in [0.717, 1.165) is 23.4 Å². The Hall–Kier alpha value is -2.50. The molecule has 3 rings (SSSR count). The van der Waals surface area contributed by atoms with Crippen molar-refractivity contribution in [3.63, 3.8) is 0 Å². The fourth-order valence-electron chi connectivity index (χ4n) is 2.43. The van der Waals surface area contributed by atoms with Crippen LogP contribution in [-0.2, 0) is 17.4 Å². The number of fused-ring (bicyclic) bond motifs is 1. The van der Waals surface area contributed by atoms with Crippen LogP contribution >= 0.6 is 0 Å². The van der Waals surface area contributed by atoms with Gasteiger partial charge in [-0.1, -0.05) is 18.2 Å². The first-order valence-electron chi connectivity index (χ1n) is 6.76. The lowest BCUT2D eigenvalue weighted by molar-refractivity contribution is -0.137. The summed E-state index contributed by atoms with van der Waals surface area (Å²) >= 11 is 0. The van der Waals surface area contributed by atoms with Gasteiger partial charge in [-0.3, -0.25) is 4.79 Å². The van der Waals surface area contributed by atoms with Crippen LogP contribution in [0.4, 0.5) is 24.5 Å². The minimum atomic E-state index is -4.38. The Labute approximate surface area is 125 Å². The lowest BCUT2D eigenvalue weighted by Crippen LogP contribution is -2.32. The normalized spacial score (nSPS) is 16.8. The number of benzene rings is 2. The van der Waals surface area contributed by atoms with Crippen LogP contribution in [0.5, 0.6) is 0 Å². The third-order valence-corrected chi connectivity index (χ3v) is 3.57. The van der Waals surface area contributed by atoms with E-state index >= 15 is 0 Å². The Morgan fingerprint density at radius 3 is 2.41 bits per heavy atom. The standard InChI is InChI=1S/C16H13F3N2O/c17-16(18,19)11-5-7-12(8-6-11)20-15(22)14-9-10-3-1-2-4-13(10)21-14/h1-8,14,21H,9H2,(H,20,22). The van der Waals surface area contributed by atoms with E-state index in [1.54, 1.807) is 0 Å². The maximum atomic E-state index is 12.5. The zero-order valence-corrected chi connectivity index (χ0v) is 11.4. The van der Waals surface area contributed by atoms with Crippen molar-refractivity contribution in [1.29, 1.82) is 0 Å². The van der Waals surface area contributed by atoms with E-state index in [1.807, 2.05) is 24.3 Å². The minimum absolute atomic E-state index is 0.268. The van der Waals surface area contributed by atoms with Gasteiger partial charge in [-0.25, -0.2) is 0 Å². The lowest BCUT2D eigenvalue weighted by atomic mass is 10.1. The SMILES string of the molecule is O=C(Nc1ccc(C(F)(F)F)cc1)C1Cc2ccccc2N1. The summed E-state index contributed by atoms with van der Waals surface area (Å²) in [5.74, 6) is -0.268. The highest BCUT2D eigenvalue weighted by molar-refractivity contribution is 5.98. The van der Waals surface area contributed by atoms with E-state index in [-0.39, 0.29) is 5.91 Å². The van der Waals surface area contributed by atoms with E-state index in [1.165, 1.54) is 12.1 Å². The second-order valence-electron chi connectivity index (χ2n) is 5.12. The summed E-state index contributed by atoms with van der Waals surface area (Å²) in [7, 11) is 0. The van der Waals surface area contributed by atoms with Crippen LogP contribution in [0.25, 0.3) is 0 Å². The number of hydrogen-bond acceptors (Lipinski definition) is 2. The second kappa shape index (κ2) is 5.36. The number of nitrogens with one attached hydrogen (secondary N) is 2. The van der Waals surface area contributed by atoms with E-state index < -0.39 is 17.8 Å². The molecule has 0 saturated carbocycles. The van der Waals surface area contributed by atoms with E-state index in [4.69, 9.17) is 0 Å². The fraction of sp³-hybridized carbons (Fsp3) is 0.188. The predicted molar refractivity (Wildman–Crippen MR) is 77.6 cm³/mol. The molecule has 0 bridgehead atoms. The predicted octanol–water partition coefficient (Wildman–Crippen LogP) is 3.68. The van der Waals surface area contributed by atoms with Gasteiger partial charge in [0.25, 0.3) is 0 Å². The number of carbonyl (C=O) groups is 1. The maximum Gasteiger partial charge on any atom is 0.416 e. The first-order chi connectivity index (χ1) is 10.4. The summed E-state index contributed by atoms with van der Waals surface area (Å²) in [5, 5.41) is 5.73. The number of alkyl halides is 3. The molecule has 2 N–H and O–H groups in total. The number of halogens is 3. The molecule has 0 spiro atoms. The average molecular weight is 306 g/mol.